The highest BCUT2D eigenvalue weighted by Crippen LogP contribution is 2.33. The molecule has 0 bridgehead atoms. The van der Waals surface area contributed by atoms with E-state index in [0.717, 1.165) is 43.4 Å². The molecule has 0 fully saturated rings. The molecule has 1 unspecified atom stereocenters. The lowest BCUT2D eigenvalue weighted by Crippen LogP contribution is -2.51. The average molecular weight is 623 g/mol. The number of unbranched alkanes of at least 4 members (excludes halogenated alkanes) is 2. The molecular formula is C27H54O8SSi3. The van der Waals surface area contributed by atoms with Crippen LogP contribution in [0.3, 0.4) is 0 Å². The summed E-state index contributed by atoms with van der Waals surface area (Å²) in [5.41, 5.74) is 1.98. The van der Waals surface area contributed by atoms with Gasteiger partial charge in [-0.25, -0.2) is 9.59 Å². The van der Waals surface area contributed by atoms with E-state index in [1.165, 1.54) is 0 Å². The van der Waals surface area contributed by atoms with Gasteiger partial charge >= 0.3 is 11.9 Å². The number of hydrogen-bond donors (Lipinski definition) is 1. The van der Waals surface area contributed by atoms with Crippen molar-refractivity contribution in [2.24, 2.45) is 0 Å². The van der Waals surface area contributed by atoms with Crippen LogP contribution in [0.1, 0.15) is 58.8 Å². The summed E-state index contributed by atoms with van der Waals surface area (Å²) in [6, 6.07) is 2.68. The normalized spacial score (nSPS) is 13.9. The fourth-order valence-electron chi connectivity index (χ4n) is 4.80. The van der Waals surface area contributed by atoms with Crippen LogP contribution < -0.4 is 0 Å². The van der Waals surface area contributed by atoms with Crippen LogP contribution in [0.4, 0.5) is 0 Å². The zero-order valence-electron chi connectivity index (χ0n) is 25.5. The number of hydrogen-bond acceptors (Lipinski definition) is 7. The smallest absolute Gasteiger partial charge is 0.333 e. The van der Waals surface area contributed by atoms with Crippen LogP contribution in [0.5, 0.6) is 0 Å². The number of rotatable bonds is 22. The summed E-state index contributed by atoms with van der Waals surface area (Å²) in [7, 11) is -10.0. The van der Waals surface area contributed by atoms with Gasteiger partial charge in [0.15, 0.2) is 16.6 Å². The van der Waals surface area contributed by atoms with Crippen molar-refractivity contribution in [3.63, 3.8) is 0 Å². The quantitative estimate of drug-likeness (QED) is 0.0456. The van der Waals surface area contributed by atoms with E-state index in [0.29, 0.717) is 49.7 Å². The third-order valence-corrected chi connectivity index (χ3v) is 23.3. The average Bonchev–Trinajstić information content (AvgIpc) is 2.80. The third kappa shape index (κ3) is 18.8. The minimum absolute atomic E-state index is 0.244. The summed E-state index contributed by atoms with van der Waals surface area (Å²) in [6.07, 6.45) is 4.98. The zero-order valence-corrected chi connectivity index (χ0v) is 29.3. The Labute approximate surface area is 241 Å². The molecular weight excluding hydrogens is 569 g/mol. The van der Waals surface area contributed by atoms with E-state index >= 15 is 0 Å². The second kappa shape index (κ2) is 17.7. The van der Waals surface area contributed by atoms with E-state index in [1.807, 2.05) is 13.8 Å². The van der Waals surface area contributed by atoms with Gasteiger partial charge in [0.05, 0.1) is 19.0 Å². The predicted molar refractivity (Wildman–Crippen MR) is 167 cm³/mol. The van der Waals surface area contributed by atoms with Crippen LogP contribution in [0.2, 0.25) is 56.5 Å². The third-order valence-electron chi connectivity index (χ3n) is 6.80. The summed E-state index contributed by atoms with van der Waals surface area (Å²) in [5, 5.41) is 0. The van der Waals surface area contributed by atoms with Crippen molar-refractivity contribution in [2.75, 3.05) is 19.0 Å². The van der Waals surface area contributed by atoms with Crippen molar-refractivity contribution in [1.29, 1.82) is 0 Å². The summed E-state index contributed by atoms with van der Waals surface area (Å²) >= 11 is 0. The highest BCUT2D eigenvalue weighted by Gasteiger charge is 2.41. The van der Waals surface area contributed by atoms with E-state index in [9.17, 15) is 22.6 Å². The molecule has 228 valence electrons. The molecule has 0 radical (unpaired) electrons. The molecule has 0 heterocycles. The summed E-state index contributed by atoms with van der Waals surface area (Å²) in [6.45, 7) is 23.3. The molecule has 39 heavy (non-hydrogen) atoms. The second-order valence-electron chi connectivity index (χ2n) is 12.1. The van der Waals surface area contributed by atoms with Crippen molar-refractivity contribution >= 4 is 46.8 Å². The van der Waals surface area contributed by atoms with Gasteiger partial charge in [-0.2, -0.15) is 8.42 Å². The Bertz CT molecular complexity index is 864. The summed E-state index contributed by atoms with van der Waals surface area (Å²) in [4.78, 5) is 23.6. The van der Waals surface area contributed by atoms with Gasteiger partial charge in [-0.05, 0) is 69.5 Å². The maximum Gasteiger partial charge on any atom is 0.333 e. The Kier molecular flexibility index (Phi) is 17.2. The molecule has 0 aromatic heterocycles. The molecule has 12 heteroatoms. The fourth-order valence-corrected chi connectivity index (χ4v) is 25.4. The first-order valence-corrected chi connectivity index (χ1v) is 25.2. The van der Waals surface area contributed by atoms with Crippen molar-refractivity contribution in [2.45, 2.75) is 115 Å². The van der Waals surface area contributed by atoms with Crippen LogP contribution >= 0.6 is 0 Å². The highest BCUT2D eigenvalue weighted by molar-refractivity contribution is 7.85. The molecule has 0 saturated heterocycles. The minimum atomic E-state index is -4.01. The van der Waals surface area contributed by atoms with Crippen LogP contribution in [0, 0.1) is 0 Å². The van der Waals surface area contributed by atoms with E-state index in [1.54, 1.807) is 0 Å². The molecule has 0 amide bonds. The van der Waals surface area contributed by atoms with Crippen molar-refractivity contribution in [1.82, 2.24) is 0 Å². The maximum absolute atomic E-state index is 11.8. The minimum Gasteiger partial charge on any atom is -0.462 e. The first-order valence-electron chi connectivity index (χ1n) is 14.2. The topological polar surface area (TPSA) is 116 Å². The summed E-state index contributed by atoms with van der Waals surface area (Å²) < 4.78 is 49.6. The van der Waals surface area contributed by atoms with Crippen LogP contribution in [0.15, 0.2) is 24.3 Å². The molecule has 0 aliphatic carbocycles. The number of esters is 2. The highest BCUT2D eigenvalue weighted by atomic mass is 32.2. The first kappa shape index (κ1) is 37.9. The molecule has 1 atom stereocenters. The van der Waals surface area contributed by atoms with Gasteiger partial charge in [0.2, 0.25) is 0 Å². The van der Waals surface area contributed by atoms with Gasteiger partial charge in [-0.1, -0.05) is 59.0 Å². The second-order valence-corrected chi connectivity index (χ2v) is 28.2. The number of ether oxygens (including phenoxy) is 2. The SMILES string of the molecule is C=C(CC)C(=O)OCCCC[Si](C)(C)C[Si](C)(CCCS(=O)(=O)O)O[Si](C)(C)CCCCOC(=O)C(=C)CC. The van der Waals surface area contributed by atoms with Crippen LogP contribution in [-0.4, -0.2) is 68.6 Å². The Morgan fingerprint density at radius 2 is 1.21 bits per heavy atom. The lowest BCUT2D eigenvalue weighted by Gasteiger charge is -2.41. The Hall–Kier alpha value is -1.06. The van der Waals surface area contributed by atoms with Crippen molar-refractivity contribution in [3.05, 3.63) is 24.3 Å². The van der Waals surface area contributed by atoms with Crippen molar-refractivity contribution < 1.29 is 36.1 Å². The predicted octanol–water partition coefficient (Wildman–Crippen LogP) is 6.89. The lowest BCUT2D eigenvalue weighted by atomic mass is 10.2. The van der Waals surface area contributed by atoms with Crippen LogP contribution in [-0.2, 0) is 33.3 Å². The van der Waals surface area contributed by atoms with E-state index in [-0.39, 0.29) is 17.7 Å². The van der Waals surface area contributed by atoms with Gasteiger partial charge in [0.25, 0.3) is 10.1 Å². The Morgan fingerprint density at radius 1 is 0.744 bits per heavy atom. The monoisotopic (exact) mass is 622 g/mol. The van der Waals surface area contributed by atoms with Gasteiger partial charge in [0.1, 0.15) is 0 Å². The van der Waals surface area contributed by atoms with Gasteiger partial charge < -0.3 is 13.6 Å². The Morgan fingerprint density at radius 3 is 1.64 bits per heavy atom. The zero-order chi connectivity index (χ0) is 30.3. The fraction of sp³-hybridized carbons (Fsp3) is 0.778. The maximum atomic E-state index is 11.8. The summed E-state index contributed by atoms with van der Waals surface area (Å²) in [5.74, 6) is -0.898. The van der Waals surface area contributed by atoms with E-state index in [4.69, 9.17) is 13.6 Å². The van der Waals surface area contributed by atoms with E-state index in [2.05, 4.69) is 45.9 Å². The number of carbonyl (C=O) groups excluding carboxylic acids is 2. The van der Waals surface area contributed by atoms with Gasteiger partial charge in [-0.3, -0.25) is 4.55 Å². The molecule has 8 nitrogen and oxygen atoms in total. The molecule has 0 aromatic carbocycles. The van der Waals surface area contributed by atoms with E-state index < -0.39 is 34.8 Å². The molecule has 0 aromatic rings. The molecule has 0 aliphatic heterocycles. The first-order chi connectivity index (χ1) is 17.9. The molecule has 1 N–H and O–H groups in total. The van der Waals surface area contributed by atoms with Crippen molar-refractivity contribution in [3.8, 4) is 0 Å². The van der Waals surface area contributed by atoms with Crippen LogP contribution in [0.25, 0.3) is 0 Å². The molecule has 0 saturated carbocycles. The molecule has 0 aliphatic rings. The van der Waals surface area contributed by atoms with Gasteiger partial charge in [0, 0.05) is 19.2 Å². The lowest BCUT2D eigenvalue weighted by molar-refractivity contribution is -0.140. The standard InChI is InChI=1S/C27H54O8SSi3/c1-10-24(3)26(28)33-17-12-14-20-37(5,6)23-39(9,22-16-19-36(30,31)32)35-38(7,8)21-15-13-18-34-27(29)25(4)11-2/h3-4,10-23H2,1-2,5-9H3,(H,30,31,32). The Balaban J connectivity index is 5.04. The van der Waals surface area contributed by atoms with Gasteiger partial charge in [-0.15, -0.1) is 0 Å². The molecule has 0 spiro atoms. The molecule has 0 rings (SSSR count). The largest absolute Gasteiger partial charge is 0.462 e. The number of carbonyl (C=O) groups is 2.